The highest BCUT2D eigenvalue weighted by molar-refractivity contribution is 9.10. The number of hydrogen-bond acceptors (Lipinski definition) is 7. The van der Waals surface area contributed by atoms with Crippen LogP contribution in [0.5, 0.6) is 5.75 Å². The molecule has 0 unspecified atom stereocenters. The Morgan fingerprint density at radius 3 is 3.00 bits per heavy atom. The number of rotatable bonds is 5. The Kier molecular flexibility index (Phi) is 4.83. The minimum atomic E-state index is -0.510. The molecule has 0 atom stereocenters. The number of ether oxygens (including phenoxy) is 1. The van der Waals surface area contributed by atoms with Gasteiger partial charge < -0.3 is 4.74 Å². The highest BCUT2D eigenvalue weighted by Crippen LogP contribution is 2.34. The molecule has 3 N–H and O–H groups in total. The summed E-state index contributed by atoms with van der Waals surface area (Å²) in [7, 11) is 0. The molecule has 21 heavy (non-hydrogen) atoms. The van der Waals surface area contributed by atoms with Crippen molar-refractivity contribution >= 4 is 38.9 Å². The van der Waals surface area contributed by atoms with Gasteiger partial charge in [0.25, 0.3) is 11.6 Å². The van der Waals surface area contributed by atoms with E-state index in [1.165, 1.54) is 12.1 Å². The highest BCUT2D eigenvalue weighted by Gasteiger charge is 2.16. The van der Waals surface area contributed by atoms with Crippen molar-refractivity contribution in [1.82, 2.24) is 10.4 Å². The summed E-state index contributed by atoms with van der Waals surface area (Å²) in [5, 5.41) is 12.7. The summed E-state index contributed by atoms with van der Waals surface area (Å²) < 4.78 is 5.73. The van der Waals surface area contributed by atoms with Gasteiger partial charge >= 0.3 is 0 Å². The van der Waals surface area contributed by atoms with Gasteiger partial charge in [-0.2, -0.15) is 0 Å². The van der Waals surface area contributed by atoms with Crippen LogP contribution in [0, 0.1) is 10.1 Å². The third kappa shape index (κ3) is 3.54. The minimum Gasteiger partial charge on any atom is -0.486 e. The summed E-state index contributed by atoms with van der Waals surface area (Å²) in [6.07, 6.45) is 0. The van der Waals surface area contributed by atoms with E-state index >= 15 is 0 Å². The number of nitrogens with one attached hydrogen (secondary N) is 1. The van der Waals surface area contributed by atoms with Crippen LogP contribution in [-0.4, -0.2) is 15.8 Å². The number of amides is 1. The van der Waals surface area contributed by atoms with Gasteiger partial charge in [0, 0.05) is 11.4 Å². The molecule has 2 rings (SSSR count). The second-order valence-corrected chi connectivity index (χ2v) is 5.40. The predicted molar refractivity (Wildman–Crippen MR) is 78.9 cm³/mol. The largest absolute Gasteiger partial charge is 0.486 e. The summed E-state index contributed by atoms with van der Waals surface area (Å²) in [4.78, 5) is 25.6. The molecule has 1 aromatic carbocycles. The molecule has 1 aromatic heterocycles. The minimum absolute atomic E-state index is 0.0775. The molecular weight excluding hydrogens is 364 g/mol. The number of nitrogen functional groups attached to an aromatic ring is 1. The highest BCUT2D eigenvalue weighted by atomic mass is 79.9. The molecule has 10 heteroatoms. The van der Waals surface area contributed by atoms with Crippen molar-refractivity contribution in [2.24, 2.45) is 5.84 Å². The molecule has 1 heterocycles. The average molecular weight is 373 g/mol. The molecule has 0 aliphatic rings. The first-order chi connectivity index (χ1) is 10.0. The van der Waals surface area contributed by atoms with Crippen LogP contribution in [0.2, 0.25) is 0 Å². The second kappa shape index (κ2) is 6.61. The van der Waals surface area contributed by atoms with E-state index in [-0.39, 0.29) is 21.8 Å². The molecule has 2 aromatic rings. The topological polar surface area (TPSA) is 120 Å². The molecule has 110 valence electrons. The zero-order chi connectivity index (χ0) is 15.4. The Morgan fingerprint density at radius 1 is 1.57 bits per heavy atom. The predicted octanol–water partition coefficient (Wildman–Crippen LogP) is 2.00. The number of nitrogens with zero attached hydrogens (tertiary/aromatic N) is 2. The van der Waals surface area contributed by atoms with Crippen LogP contribution in [0.4, 0.5) is 5.69 Å². The Bertz CT molecular complexity index is 691. The maximum atomic E-state index is 11.3. The lowest BCUT2D eigenvalue weighted by molar-refractivity contribution is -0.385. The van der Waals surface area contributed by atoms with Gasteiger partial charge in [0.2, 0.25) is 0 Å². The number of thiazole rings is 1. The lowest BCUT2D eigenvalue weighted by Crippen LogP contribution is -2.29. The number of nitro groups is 1. The number of nitro benzene ring substituents is 1. The number of carbonyl (C=O) groups is 1. The maximum Gasteiger partial charge on any atom is 0.294 e. The molecule has 0 radical (unpaired) electrons. The molecule has 1 amide bonds. The Hall–Kier alpha value is -2.04. The molecular formula is C11H9BrN4O4S. The lowest BCUT2D eigenvalue weighted by Gasteiger charge is -2.06. The average Bonchev–Trinajstić information content (AvgIpc) is 2.94. The SMILES string of the molecule is NNC(=O)c1nc(COc2cccc([N+](=O)[O-])c2Br)cs1. The van der Waals surface area contributed by atoms with Crippen LogP contribution in [-0.2, 0) is 6.61 Å². The standard InChI is InChI=1S/C11H9BrN4O4S/c12-9-7(16(18)19)2-1-3-8(9)20-4-6-5-21-11(14-6)10(17)15-13/h1-3,5H,4,13H2,(H,15,17). The summed E-state index contributed by atoms with van der Waals surface area (Å²) in [5.74, 6) is 4.85. The Labute approximate surface area is 131 Å². The van der Waals surface area contributed by atoms with E-state index in [2.05, 4.69) is 20.9 Å². The van der Waals surface area contributed by atoms with Gasteiger partial charge in [-0.1, -0.05) is 6.07 Å². The van der Waals surface area contributed by atoms with E-state index in [9.17, 15) is 14.9 Å². The van der Waals surface area contributed by atoms with Crippen molar-refractivity contribution in [3.63, 3.8) is 0 Å². The van der Waals surface area contributed by atoms with Gasteiger partial charge in [-0.3, -0.25) is 20.3 Å². The van der Waals surface area contributed by atoms with E-state index < -0.39 is 10.8 Å². The van der Waals surface area contributed by atoms with Gasteiger partial charge in [-0.25, -0.2) is 10.8 Å². The van der Waals surface area contributed by atoms with Crippen LogP contribution in [0.1, 0.15) is 15.5 Å². The van der Waals surface area contributed by atoms with Gasteiger partial charge in [0.05, 0.1) is 10.6 Å². The van der Waals surface area contributed by atoms with Crippen LogP contribution < -0.4 is 16.0 Å². The van der Waals surface area contributed by atoms with Gasteiger partial charge in [-0.05, 0) is 22.0 Å². The molecule has 0 saturated carbocycles. The maximum absolute atomic E-state index is 11.3. The third-order valence-corrected chi connectivity index (χ3v) is 4.08. The van der Waals surface area contributed by atoms with Crippen molar-refractivity contribution in [2.45, 2.75) is 6.61 Å². The van der Waals surface area contributed by atoms with E-state index in [1.54, 1.807) is 11.4 Å². The Balaban J connectivity index is 2.10. The first kappa shape index (κ1) is 15.4. The van der Waals surface area contributed by atoms with Crippen LogP contribution >= 0.6 is 27.3 Å². The normalized spacial score (nSPS) is 10.2. The quantitative estimate of drug-likeness (QED) is 0.358. The fourth-order valence-electron chi connectivity index (χ4n) is 1.44. The first-order valence-corrected chi connectivity index (χ1v) is 7.21. The van der Waals surface area contributed by atoms with E-state index in [1.807, 2.05) is 5.43 Å². The molecule has 0 aliphatic heterocycles. The van der Waals surface area contributed by atoms with Gasteiger partial charge in [0.15, 0.2) is 5.01 Å². The molecule has 0 fully saturated rings. The monoisotopic (exact) mass is 372 g/mol. The molecule has 8 nitrogen and oxygen atoms in total. The molecule has 0 saturated heterocycles. The number of hydrazine groups is 1. The molecule has 0 bridgehead atoms. The summed E-state index contributed by atoms with van der Waals surface area (Å²) in [5.41, 5.74) is 2.42. The fraction of sp³-hybridized carbons (Fsp3) is 0.0909. The number of nitrogens with two attached hydrogens (primary N) is 1. The van der Waals surface area contributed by atoms with Gasteiger partial charge in [-0.15, -0.1) is 11.3 Å². The summed E-state index contributed by atoms with van der Waals surface area (Å²) >= 11 is 4.26. The molecule has 0 spiro atoms. The van der Waals surface area contributed by atoms with E-state index in [4.69, 9.17) is 10.6 Å². The van der Waals surface area contributed by atoms with Crippen molar-refractivity contribution in [1.29, 1.82) is 0 Å². The van der Waals surface area contributed by atoms with E-state index in [0.717, 1.165) is 11.3 Å². The number of hydrogen-bond donors (Lipinski definition) is 2. The number of carbonyl (C=O) groups excluding carboxylic acids is 1. The van der Waals surface area contributed by atoms with Crippen LogP contribution in [0.15, 0.2) is 28.1 Å². The first-order valence-electron chi connectivity index (χ1n) is 5.54. The van der Waals surface area contributed by atoms with E-state index in [0.29, 0.717) is 11.4 Å². The zero-order valence-electron chi connectivity index (χ0n) is 10.4. The van der Waals surface area contributed by atoms with Crippen LogP contribution in [0.25, 0.3) is 0 Å². The Morgan fingerprint density at radius 2 is 2.33 bits per heavy atom. The fourth-order valence-corrected chi connectivity index (χ4v) is 2.67. The number of benzene rings is 1. The third-order valence-electron chi connectivity index (χ3n) is 2.39. The van der Waals surface area contributed by atoms with Crippen molar-refractivity contribution < 1.29 is 14.5 Å². The summed E-state index contributed by atoms with van der Waals surface area (Å²) in [6.45, 7) is 0.0775. The van der Waals surface area contributed by atoms with Crippen molar-refractivity contribution in [3.05, 3.63) is 48.9 Å². The summed E-state index contributed by atoms with van der Waals surface area (Å²) in [6, 6.07) is 4.48. The van der Waals surface area contributed by atoms with Crippen LogP contribution in [0.3, 0.4) is 0 Å². The number of aromatic nitrogens is 1. The van der Waals surface area contributed by atoms with Gasteiger partial charge in [0.1, 0.15) is 16.8 Å². The second-order valence-electron chi connectivity index (χ2n) is 3.75. The molecule has 0 aliphatic carbocycles. The van der Waals surface area contributed by atoms with Crippen molar-refractivity contribution in [2.75, 3.05) is 0 Å². The number of halogens is 1. The lowest BCUT2D eigenvalue weighted by atomic mass is 10.3. The smallest absolute Gasteiger partial charge is 0.294 e. The zero-order valence-corrected chi connectivity index (χ0v) is 12.8. The van der Waals surface area contributed by atoms with Crippen molar-refractivity contribution in [3.8, 4) is 5.75 Å².